The van der Waals surface area contributed by atoms with Crippen LogP contribution >= 0.6 is 0 Å². The molecule has 0 aliphatic heterocycles. The second-order valence-corrected chi connectivity index (χ2v) is 4.87. The molecule has 0 unspecified atom stereocenters. The monoisotopic (exact) mass is 215 g/mol. The first-order valence-corrected chi connectivity index (χ1v) is 6.17. The van der Waals surface area contributed by atoms with Crippen molar-refractivity contribution in [2.24, 2.45) is 0 Å². The summed E-state index contributed by atoms with van der Waals surface area (Å²) >= 11 is 0. The lowest BCUT2D eigenvalue weighted by Gasteiger charge is -2.18. The molecule has 2 N–H and O–H groups in total. The zero-order valence-corrected chi connectivity index (χ0v) is 11.1. The predicted molar refractivity (Wildman–Crippen MR) is 68.4 cm³/mol. The van der Waals surface area contributed by atoms with E-state index in [1.54, 1.807) is 0 Å². The van der Waals surface area contributed by atoms with E-state index in [9.17, 15) is 0 Å². The SMILES string of the molecule is CC(C)NCCCN(C)CCNC(C)C. The molecule has 15 heavy (non-hydrogen) atoms. The molecule has 0 spiro atoms. The molecule has 0 aromatic heterocycles. The van der Waals surface area contributed by atoms with Crippen LogP contribution in [-0.4, -0.2) is 50.2 Å². The highest BCUT2D eigenvalue weighted by Gasteiger charge is 1.99. The normalized spacial score (nSPS) is 12.0. The molecule has 0 saturated carbocycles. The molecular weight excluding hydrogens is 186 g/mol. The van der Waals surface area contributed by atoms with Crippen LogP contribution in [0.2, 0.25) is 0 Å². The number of likely N-dealkylation sites (N-methyl/N-ethyl adjacent to an activating group) is 1. The lowest BCUT2D eigenvalue weighted by atomic mass is 10.3. The molecule has 0 aliphatic carbocycles. The highest BCUT2D eigenvalue weighted by molar-refractivity contribution is 4.59. The third-order valence-corrected chi connectivity index (χ3v) is 2.32. The number of nitrogens with one attached hydrogen (secondary N) is 2. The molecule has 0 aliphatic rings. The molecule has 0 fully saturated rings. The molecule has 0 atom stereocenters. The largest absolute Gasteiger partial charge is 0.314 e. The van der Waals surface area contributed by atoms with Gasteiger partial charge in [0.05, 0.1) is 0 Å². The Kier molecular flexibility index (Phi) is 9.06. The van der Waals surface area contributed by atoms with E-state index in [0.717, 1.165) is 19.6 Å². The van der Waals surface area contributed by atoms with Crippen molar-refractivity contribution in [1.82, 2.24) is 15.5 Å². The molecule has 0 radical (unpaired) electrons. The second-order valence-electron chi connectivity index (χ2n) is 4.87. The Morgan fingerprint density at radius 2 is 1.40 bits per heavy atom. The molecule has 0 bridgehead atoms. The summed E-state index contributed by atoms with van der Waals surface area (Å²) in [5.74, 6) is 0. The summed E-state index contributed by atoms with van der Waals surface area (Å²) in [4.78, 5) is 2.39. The van der Waals surface area contributed by atoms with E-state index in [1.165, 1.54) is 13.0 Å². The predicted octanol–water partition coefficient (Wildman–Crippen LogP) is 1.30. The Balaban J connectivity index is 3.22. The van der Waals surface area contributed by atoms with Gasteiger partial charge in [-0.15, -0.1) is 0 Å². The van der Waals surface area contributed by atoms with Gasteiger partial charge in [0.1, 0.15) is 0 Å². The Hall–Kier alpha value is -0.120. The van der Waals surface area contributed by atoms with Crippen LogP contribution in [0.4, 0.5) is 0 Å². The smallest absolute Gasteiger partial charge is 0.0104 e. The van der Waals surface area contributed by atoms with Crippen molar-refractivity contribution in [2.75, 3.05) is 33.2 Å². The van der Waals surface area contributed by atoms with E-state index < -0.39 is 0 Å². The van der Waals surface area contributed by atoms with Gasteiger partial charge in [0.25, 0.3) is 0 Å². The fourth-order valence-corrected chi connectivity index (χ4v) is 1.40. The van der Waals surface area contributed by atoms with Gasteiger partial charge in [-0.1, -0.05) is 27.7 Å². The summed E-state index contributed by atoms with van der Waals surface area (Å²) in [5.41, 5.74) is 0. The fourth-order valence-electron chi connectivity index (χ4n) is 1.40. The van der Waals surface area contributed by atoms with E-state index in [1.807, 2.05) is 0 Å². The second kappa shape index (κ2) is 9.13. The summed E-state index contributed by atoms with van der Waals surface area (Å²) in [5, 5.41) is 6.86. The first kappa shape index (κ1) is 14.9. The third kappa shape index (κ3) is 11.8. The number of hydrogen-bond acceptors (Lipinski definition) is 3. The van der Waals surface area contributed by atoms with Crippen LogP contribution < -0.4 is 10.6 Å². The highest BCUT2D eigenvalue weighted by atomic mass is 15.1. The Morgan fingerprint density at radius 3 is 1.93 bits per heavy atom. The van der Waals surface area contributed by atoms with Crippen molar-refractivity contribution in [3.05, 3.63) is 0 Å². The standard InChI is InChI=1S/C12H29N3/c1-11(2)13-7-6-9-15(5)10-8-14-12(3)4/h11-14H,6-10H2,1-5H3. The number of nitrogens with zero attached hydrogens (tertiary/aromatic N) is 1. The molecule has 0 aromatic rings. The van der Waals surface area contributed by atoms with Crippen molar-refractivity contribution in [2.45, 2.75) is 46.2 Å². The minimum absolute atomic E-state index is 0.598. The number of rotatable bonds is 9. The average molecular weight is 215 g/mol. The lowest BCUT2D eigenvalue weighted by Crippen LogP contribution is -2.34. The van der Waals surface area contributed by atoms with Gasteiger partial charge in [-0.3, -0.25) is 0 Å². The van der Waals surface area contributed by atoms with E-state index in [-0.39, 0.29) is 0 Å². The van der Waals surface area contributed by atoms with Gasteiger partial charge in [-0.25, -0.2) is 0 Å². The van der Waals surface area contributed by atoms with Crippen LogP contribution in [-0.2, 0) is 0 Å². The molecule has 0 aromatic carbocycles. The van der Waals surface area contributed by atoms with E-state index in [2.05, 4.69) is 50.3 Å². The highest BCUT2D eigenvalue weighted by Crippen LogP contribution is 1.87. The summed E-state index contributed by atoms with van der Waals surface area (Å²) in [6.45, 7) is 13.3. The van der Waals surface area contributed by atoms with Crippen LogP contribution in [0.25, 0.3) is 0 Å². The van der Waals surface area contributed by atoms with E-state index >= 15 is 0 Å². The van der Waals surface area contributed by atoms with Gasteiger partial charge in [0.2, 0.25) is 0 Å². The molecule has 0 amide bonds. The molecule has 3 nitrogen and oxygen atoms in total. The van der Waals surface area contributed by atoms with Crippen LogP contribution in [0.3, 0.4) is 0 Å². The third-order valence-electron chi connectivity index (χ3n) is 2.32. The summed E-state index contributed by atoms with van der Waals surface area (Å²) < 4.78 is 0. The van der Waals surface area contributed by atoms with Crippen molar-refractivity contribution in [3.63, 3.8) is 0 Å². The Morgan fingerprint density at radius 1 is 0.867 bits per heavy atom. The quantitative estimate of drug-likeness (QED) is 0.568. The van der Waals surface area contributed by atoms with Gasteiger partial charge in [-0.05, 0) is 26.6 Å². The van der Waals surface area contributed by atoms with Crippen molar-refractivity contribution in [3.8, 4) is 0 Å². The first-order chi connectivity index (χ1) is 7.02. The molecule has 92 valence electrons. The van der Waals surface area contributed by atoms with Gasteiger partial charge < -0.3 is 15.5 Å². The van der Waals surface area contributed by atoms with Crippen LogP contribution in [0.1, 0.15) is 34.1 Å². The number of hydrogen-bond donors (Lipinski definition) is 2. The van der Waals surface area contributed by atoms with Gasteiger partial charge >= 0.3 is 0 Å². The maximum absolute atomic E-state index is 3.43. The van der Waals surface area contributed by atoms with Crippen LogP contribution in [0.5, 0.6) is 0 Å². The first-order valence-electron chi connectivity index (χ1n) is 6.17. The summed E-state index contributed by atoms with van der Waals surface area (Å²) in [6.07, 6.45) is 1.23. The molecule has 0 rings (SSSR count). The lowest BCUT2D eigenvalue weighted by molar-refractivity contribution is 0.319. The van der Waals surface area contributed by atoms with Gasteiger partial charge in [-0.2, -0.15) is 0 Å². The van der Waals surface area contributed by atoms with Crippen molar-refractivity contribution in [1.29, 1.82) is 0 Å². The Bertz CT molecular complexity index is 135. The zero-order chi connectivity index (χ0) is 11.7. The van der Waals surface area contributed by atoms with Gasteiger partial charge in [0, 0.05) is 25.2 Å². The van der Waals surface area contributed by atoms with Crippen molar-refractivity contribution < 1.29 is 0 Å². The van der Waals surface area contributed by atoms with Crippen LogP contribution in [0.15, 0.2) is 0 Å². The molecule has 0 saturated heterocycles. The van der Waals surface area contributed by atoms with E-state index in [0.29, 0.717) is 12.1 Å². The minimum Gasteiger partial charge on any atom is -0.314 e. The maximum atomic E-state index is 3.43. The summed E-state index contributed by atoms with van der Waals surface area (Å²) in [7, 11) is 2.19. The minimum atomic E-state index is 0.598. The average Bonchev–Trinajstić information content (AvgIpc) is 2.11. The van der Waals surface area contributed by atoms with Crippen LogP contribution in [0, 0.1) is 0 Å². The molecule has 3 heteroatoms. The topological polar surface area (TPSA) is 27.3 Å². The molecule has 0 heterocycles. The van der Waals surface area contributed by atoms with Crippen molar-refractivity contribution >= 4 is 0 Å². The Labute approximate surface area is 95.6 Å². The maximum Gasteiger partial charge on any atom is 0.0104 e. The van der Waals surface area contributed by atoms with E-state index in [4.69, 9.17) is 0 Å². The molecular formula is C12H29N3. The zero-order valence-electron chi connectivity index (χ0n) is 11.1. The summed E-state index contributed by atoms with van der Waals surface area (Å²) in [6, 6.07) is 1.21. The van der Waals surface area contributed by atoms with Gasteiger partial charge in [0.15, 0.2) is 0 Å². The fraction of sp³-hybridized carbons (Fsp3) is 1.00.